The number of unbranched alkanes of at least 4 members (excludes halogenated alkanes) is 25. The molecular weight excluding hydrogens is 649 g/mol. The van der Waals surface area contributed by atoms with Gasteiger partial charge >= 0.3 is 17.9 Å². The second-order valence-corrected chi connectivity index (χ2v) is 16.6. The van der Waals surface area contributed by atoms with Crippen molar-refractivity contribution in [3.05, 3.63) is 0 Å². The van der Waals surface area contributed by atoms with Crippen molar-refractivity contribution in [3.8, 4) is 0 Å². The van der Waals surface area contributed by atoms with Crippen molar-refractivity contribution in [2.45, 2.75) is 253 Å². The molecule has 6 heteroatoms. The molecule has 0 aromatic heterocycles. The SMILES string of the molecule is CCCCCCCCCC(=O)OC[C@H](COC(=O)CCCCCCCCCCCCC(C)C)OC(=O)CCCCCCCCCCCCCC(C)C. The number of esters is 3. The van der Waals surface area contributed by atoms with Crippen LogP contribution in [0.2, 0.25) is 0 Å². The summed E-state index contributed by atoms with van der Waals surface area (Å²) in [5, 5.41) is 0. The van der Waals surface area contributed by atoms with Gasteiger partial charge in [0.25, 0.3) is 0 Å². The van der Waals surface area contributed by atoms with Crippen molar-refractivity contribution in [2.24, 2.45) is 11.8 Å². The van der Waals surface area contributed by atoms with Gasteiger partial charge in [-0.2, -0.15) is 0 Å². The van der Waals surface area contributed by atoms with Gasteiger partial charge in [-0.05, 0) is 31.1 Å². The molecule has 0 aliphatic carbocycles. The van der Waals surface area contributed by atoms with E-state index in [1.807, 2.05) is 0 Å². The average Bonchev–Trinajstić information content (AvgIpc) is 3.11. The summed E-state index contributed by atoms with van der Waals surface area (Å²) < 4.78 is 16.7. The first-order valence-corrected chi connectivity index (χ1v) is 22.7. The van der Waals surface area contributed by atoms with Crippen LogP contribution >= 0.6 is 0 Å². The van der Waals surface area contributed by atoms with Crippen LogP contribution in [0.3, 0.4) is 0 Å². The van der Waals surface area contributed by atoms with E-state index in [-0.39, 0.29) is 31.1 Å². The van der Waals surface area contributed by atoms with Crippen molar-refractivity contribution in [1.82, 2.24) is 0 Å². The Balaban J connectivity index is 4.27. The predicted octanol–water partition coefficient (Wildman–Crippen LogP) is 14.2. The summed E-state index contributed by atoms with van der Waals surface area (Å²) in [5.41, 5.74) is 0. The first kappa shape index (κ1) is 50.4. The minimum absolute atomic E-state index is 0.0653. The van der Waals surface area contributed by atoms with Crippen LogP contribution in [0, 0.1) is 11.8 Å². The van der Waals surface area contributed by atoms with Crippen molar-refractivity contribution in [2.75, 3.05) is 13.2 Å². The van der Waals surface area contributed by atoms with Gasteiger partial charge in [0.05, 0.1) is 0 Å². The quantitative estimate of drug-likeness (QED) is 0.0354. The van der Waals surface area contributed by atoms with E-state index in [1.165, 1.54) is 135 Å². The zero-order chi connectivity index (χ0) is 38.3. The Morgan fingerprint density at radius 1 is 0.365 bits per heavy atom. The van der Waals surface area contributed by atoms with Crippen molar-refractivity contribution in [3.63, 3.8) is 0 Å². The second-order valence-electron chi connectivity index (χ2n) is 16.6. The molecule has 0 bridgehead atoms. The lowest BCUT2D eigenvalue weighted by Gasteiger charge is -2.18. The van der Waals surface area contributed by atoms with Crippen LogP contribution < -0.4 is 0 Å². The maximum atomic E-state index is 12.7. The lowest BCUT2D eigenvalue weighted by molar-refractivity contribution is -0.167. The summed E-state index contributed by atoms with van der Waals surface area (Å²) in [6, 6.07) is 0. The maximum Gasteiger partial charge on any atom is 0.306 e. The summed E-state index contributed by atoms with van der Waals surface area (Å²) in [7, 11) is 0. The van der Waals surface area contributed by atoms with Gasteiger partial charge in [-0.1, -0.05) is 208 Å². The minimum Gasteiger partial charge on any atom is -0.462 e. The van der Waals surface area contributed by atoms with Gasteiger partial charge in [-0.15, -0.1) is 0 Å². The van der Waals surface area contributed by atoms with Crippen LogP contribution in [-0.2, 0) is 28.6 Å². The Kier molecular flexibility index (Phi) is 37.9. The van der Waals surface area contributed by atoms with Crippen LogP contribution in [0.5, 0.6) is 0 Å². The first-order valence-electron chi connectivity index (χ1n) is 22.7. The molecule has 308 valence electrons. The number of ether oxygens (including phenoxy) is 3. The molecule has 0 aromatic carbocycles. The van der Waals surface area contributed by atoms with E-state index >= 15 is 0 Å². The highest BCUT2D eigenvalue weighted by Gasteiger charge is 2.19. The zero-order valence-electron chi connectivity index (χ0n) is 35.4. The number of rotatable bonds is 40. The molecule has 0 aromatic rings. The van der Waals surface area contributed by atoms with E-state index in [0.717, 1.165) is 69.6 Å². The number of carbonyl (C=O) groups excluding carboxylic acids is 3. The predicted molar refractivity (Wildman–Crippen MR) is 220 cm³/mol. The van der Waals surface area contributed by atoms with E-state index in [4.69, 9.17) is 14.2 Å². The van der Waals surface area contributed by atoms with Crippen LogP contribution in [0.1, 0.15) is 247 Å². The van der Waals surface area contributed by atoms with Crippen LogP contribution in [0.4, 0.5) is 0 Å². The highest BCUT2D eigenvalue weighted by Crippen LogP contribution is 2.16. The smallest absolute Gasteiger partial charge is 0.306 e. The highest BCUT2D eigenvalue weighted by atomic mass is 16.6. The Hall–Kier alpha value is -1.59. The van der Waals surface area contributed by atoms with Gasteiger partial charge in [0, 0.05) is 19.3 Å². The van der Waals surface area contributed by atoms with Crippen LogP contribution in [0.15, 0.2) is 0 Å². The fraction of sp³-hybridized carbons (Fsp3) is 0.935. The monoisotopic (exact) mass is 737 g/mol. The van der Waals surface area contributed by atoms with Crippen molar-refractivity contribution >= 4 is 17.9 Å². The van der Waals surface area contributed by atoms with Gasteiger partial charge in [0.2, 0.25) is 0 Å². The highest BCUT2D eigenvalue weighted by molar-refractivity contribution is 5.71. The molecule has 1 atom stereocenters. The summed E-state index contributed by atoms with van der Waals surface area (Å²) in [6.45, 7) is 11.3. The normalized spacial score (nSPS) is 12.1. The molecule has 0 unspecified atom stereocenters. The Morgan fingerprint density at radius 3 is 0.942 bits per heavy atom. The largest absolute Gasteiger partial charge is 0.462 e. The fourth-order valence-corrected chi connectivity index (χ4v) is 6.75. The standard InChI is InChI=1S/C46H88O6/c1-6-7-8-9-19-26-31-36-44(47)50-39-43(40-51-45(48)37-32-27-22-17-14-13-16-21-25-30-35-42(4)5)52-46(49)38-33-28-23-18-12-10-11-15-20-24-29-34-41(2)3/h41-43H,6-40H2,1-5H3/t43-/m1/s1. The zero-order valence-corrected chi connectivity index (χ0v) is 35.4. The number of carbonyl (C=O) groups is 3. The van der Waals surface area contributed by atoms with Gasteiger partial charge < -0.3 is 14.2 Å². The van der Waals surface area contributed by atoms with E-state index in [1.54, 1.807) is 0 Å². The topological polar surface area (TPSA) is 78.9 Å². The average molecular weight is 737 g/mol. The summed E-state index contributed by atoms with van der Waals surface area (Å²) in [6.07, 6.45) is 36.7. The molecule has 0 aliphatic heterocycles. The molecule has 0 aliphatic rings. The molecule has 6 nitrogen and oxygen atoms in total. The maximum absolute atomic E-state index is 12.7. The van der Waals surface area contributed by atoms with E-state index in [0.29, 0.717) is 19.3 Å². The molecule has 0 saturated carbocycles. The minimum atomic E-state index is -0.759. The molecule has 0 fully saturated rings. The number of hydrogen-bond donors (Lipinski definition) is 0. The van der Waals surface area contributed by atoms with Gasteiger partial charge in [-0.3, -0.25) is 14.4 Å². The van der Waals surface area contributed by atoms with E-state index in [9.17, 15) is 14.4 Å². The van der Waals surface area contributed by atoms with Gasteiger partial charge in [-0.25, -0.2) is 0 Å². The van der Waals surface area contributed by atoms with Crippen LogP contribution in [0.25, 0.3) is 0 Å². The Morgan fingerprint density at radius 2 is 0.635 bits per heavy atom. The molecule has 52 heavy (non-hydrogen) atoms. The van der Waals surface area contributed by atoms with Gasteiger partial charge in [0.15, 0.2) is 6.10 Å². The summed E-state index contributed by atoms with van der Waals surface area (Å²) in [5.74, 6) is 0.780. The lowest BCUT2D eigenvalue weighted by atomic mass is 10.0. The summed E-state index contributed by atoms with van der Waals surface area (Å²) >= 11 is 0. The molecule has 0 rings (SSSR count). The van der Waals surface area contributed by atoms with Crippen molar-refractivity contribution < 1.29 is 28.6 Å². The van der Waals surface area contributed by atoms with Crippen LogP contribution in [-0.4, -0.2) is 37.2 Å². The number of hydrogen-bond acceptors (Lipinski definition) is 6. The molecule has 0 spiro atoms. The third-order valence-corrected chi connectivity index (χ3v) is 10.2. The molecule has 0 heterocycles. The molecule has 0 radical (unpaired) electrons. The molecule has 0 saturated heterocycles. The molecule has 0 N–H and O–H groups in total. The summed E-state index contributed by atoms with van der Waals surface area (Å²) in [4.78, 5) is 37.6. The van der Waals surface area contributed by atoms with Crippen molar-refractivity contribution in [1.29, 1.82) is 0 Å². The van der Waals surface area contributed by atoms with Gasteiger partial charge in [0.1, 0.15) is 13.2 Å². The first-order chi connectivity index (χ1) is 25.2. The third-order valence-electron chi connectivity index (χ3n) is 10.2. The fourth-order valence-electron chi connectivity index (χ4n) is 6.75. The molecule has 0 amide bonds. The second kappa shape index (κ2) is 39.1. The lowest BCUT2D eigenvalue weighted by Crippen LogP contribution is -2.30. The molecular formula is C46H88O6. The Labute approximate surface area is 323 Å². The Bertz CT molecular complexity index is 794. The van der Waals surface area contributed by atoms with E-state index < -0.39 is 6.10 Å². The third kappa shape index (κ3) is 39.6. The van der Waals surface area contributed by atoms with E-state index in [2.05, 4.69) is 34.6 Å².